The van der Waals surface area contributed by atoms with Crippen LogP contribution < -0.4 is 0 Å². The molecule has 0 aliphatic carbocycles. The molecule has 0 unspecified atom stereocenters. The summed E-state index contributed by atoms with van der Waals surface area (Å²) in [7, 11) is 1.84. The van der Waals surface area contributed by atoms with Gasteiger partial charge in [-0.25, -0.2) is 4.39 Å². The van der Waals surface area contributed by atoms with Crippen LogP contribution in [0.2, 0.25) is 0 Å². The largest absolute Gasteiger partial charge is 0.294 e. The predicted octanol–water partition coefficient (Wildman–Crippen LogP) is 4.10. The molecule has 0 saturated heterocycles. The van der Waals surface area contributed by atoms with Crippen molar-refractivity contribution in [2.45, 2.75) is 13.8 Å². The number of ketones is 1. The van der Waals surface area contributed by atoms with Gasteiger partial charge in [0.05, 0.1) is 11.1 Å². The molecule has 1 aromatic heterocycles. The van der Waals surface area contributed by atoms with Crippen molar-refractivity contribution in [2.75, 3.05) is 0 Å². The SMILES string of the molecule is CC(=O)C(=C(C)c1ccc(C#N)c(F)c1)c1ccc2nn(C)cc2c1. The number of hydrogen-bond donors (Lipinski definition) is 0. The van der Waals surface area contributed by atoms with Gasteiger partial charge in [-0.15, -0.1) is 0 Å². The Morgan fingerprint density at radius 2 is 1.88 bits per heavy atom. The van der Waals surface area contributed by atoms with E-state index in [0.29, 0.717) is 16.7 Å². The molecule has 0 aliphatic rings. The van der Waals surface area contributed by atoms with E-state index in [0.717, 1.165) is 16.5 Å². The molecule has 124 valence electrons. The average molecular weight is 333 g/mol. The number of aryl methyl sites for hydroxylation is 1. The van der Waals surface area contributed by atoms with Gasteiger partial charge < -0.3 is 0 Å². The third-order valence-electron chi connectivity index (χ3n) is 4.16. The predicted molar refractivity (Wildman–Crippen MR) is 95.0 cm³/mol. The molecule has 0 N–H and O–H groups in total. The first-order valence-corrected chi connectivity index (χ1v) is 7.76. The number of nitriles is 1. The highest BCUT2D eigenvalue weighted by Gasteiger charge is 2.15. The van der Waals surface area contributed by atoms with Crippen molar-refractivity contribution in [1.29, 1.82) is 5.26 Å². The van der Waals surface area contributed by atoms with Gasteiger partial charge in [0.1, 0.15) is 11.9 Å². The minimum Gasteiger partial charge on any atom is -0.294 e. The lowest BCUT2D eigenvalue weighted by atomic mass is 9.92. The minimum atomic E-state index is -0.593. The van der Waals surface area contributed by atoms with E-state index in [-0.39, 0.29) is 11.3 Å². The molecule has 3 rings (SSSR count). The number of halogens is 1. The zero-order valence-electron chi connectivity index (χ0n) is 14.2. The maximum absolute atomic E-state index is 13.9. The molecule has 0 bridgehead atoms. The molecule has 25 heavy (non-hydrogen) atoms. The van der Waals surface area contributed by atoms with E-state index >= 15 is 0 Å². The standard InChI is InChI=1S/C20H16FN3O/c1-12(14-4-5-16(10-22)18(21)9-14)20(13(2)25)15-6-7-19-17(8-15)11-24(3)23-19/h4-9,11H,1-3H3. The van der Waals surface area contributed by atoms with Crippen molar-refractivity contribution < 1.29 is 9.18 Å². The Morgan fingerprint density at radius 3 is 2.52 bits per heavy atom. The van der Waals surface area contributed by atoms with Crippen LogP contribution in [0, 0.1) is 17.1 Å². The Labute approximate surface area is 144 Å². The maximum atomic E-state index is 13.9. The molecule has 0 fully saturated rings. The second-order valence-electron chi connectivity index (χ2n) is 5.94. The van der Waals surface area contributed by atoms with Crippen molar-refractivity contribution in [2.24, 2.45) is 7.05 Å². The van der Waals surface area contributed by atoms with Gasteiger partial charge in [-0.3, -0.25) is 9.48 Å². The first-order chi connectivity index (χ1) is 11.9. The van der Waals surface area contributed by atoms with Gasteiger partial charge in [-0.1, -0.05) is 12.1 Å². The van der Waals surface area contributed by atoms with Gasteiger partial charge >= 0.3 is 0 Å². The Hall–Kier alpha value is -3.26. The van der Waals surface area contributed by atoms with Crippen LogP contribution in [0.3, 0.4) is 0 Å². The summed E-state index contributed by atoms with van der Waals surface area (Å²) in [6.45, 7) is 3.28. The number of benzene rings is 2. The van der Waals surface area contributed by atoms with Gasteiger partial charge in [0.15, 0.2) is 5.78 Å². The summed E-state index contributed by atoms with van der Waals surface area (Å²) in [5, 5.41) is 14.1. The number of allylic oxidation sites excluding steroid dienone is 2. The Morgan fingerprint density at radius 1 is 1.16 bits per heavy atom. The van der Waals surface area contributed by atoms with E-state index in [1.807, 2.05) is 31.4 Å². The summed E-state index contributed by atoms with van der Waals surface area (Å²) >= 11 is 0. The van der Waals surface area contributed by atoms with Crippen LogP contribution in [0.4, 0.5) is 4.39 Å². The maximum Gasteiger partial charge on any atom is 0.160 e. The quantitative estimate of drug-likeness (QED) is 0.535. The number of Topliss-reactive ketones (excluding diaryl/α,β-unsaturated/α-hetero) is 1. The molecule has 0 amide bonds. The van der Waals surface area contributed by atoms with Gasteiger partial charge in [0, 0.05) is 24.2 Å². The third kappa shape index (κ3) is 3.07. The fraction of sp³-hybridized carbons (Fsp3) is 0.150. The molecule has 2 aromatic carbocycles. The molecule has 3 aromatic rings. The van der Waals surface area contributed by atoms with E-state index in [2.05, 4.69) is 5.10 Å². The van der Waals surface area contributed by atoms with Crippen molar-refractivity contribution >= 4 is 27.8 Å². The van der Waals surface area contributed by atoms with E-state index in [9.17, 15) is 9.18 Å². The summed E-state index contributed by atoms with van der Waals surface area (Å²) in [6, 6.07) is 11.8. The number of fused-ring (bicyclic) bond motifs is 1. The first kappa shape index (κ1) is 16.6. The molecule has 0 aliphatic heterocycles. The summed E-state index contributed by atoms with van der Waals surface area (Å²) in [4.78, 5) is 12.3. The zero-order chi connectivity index (χ0) is 18.1. The molecule has 0 atom stereocenters. The molecule has 1 heterocycles. The number of nitrogens with zero attached hydrogens (tertiary/aromatic N) is 3. The first-order valence-electron chi connectivity index (χ1n) is 7.76. The monoisotopic (exact) mass is 333 g/mol. The Balaban J connectivity index is 2.18. The van der Waals surface area contributed by atoms with Gasteiger partial charge in [-0.05, 0) is 54.8 Å². The summed E-state index contributed by atoms with van der Waals surface area (Å²) in [6.07, 6.45) is 1.88. The summed E-state index contributed by atoms with van der Waals surface area (Å²) in [5.74, 6) is -0.699. The van der Waals surface area contributed by atoms with Crippen molar-refractivity contribution in [3.63, 3.8) is 0 Å². The van der Waals surface area contributed by atoms with Gasteiger partial charge in [0.25, 0.3) is 0 Å². The van der Waals surface area contributed by atoms with Crippen molar-refractivity contribution in [1.82, 2.24) is 9.78 Å². The number of aromatic nitrogens is 2. The average Bonchev–Trinajstić information content (AvgIpc) is 2.93. The molecule has 0 saturated carbocycles. The third-order valence-corrected chi connectivity index (χ3v) is 4.16. The van der Waals surface area contributed by atoms with Crippen molar-refractivity contribution in [3.8, 4) is 6.07 Å². The van der Waals surface area contributed by atoms with Crippen LogP contribution in [-0.2, 0) is 11.8 Å². The van der Waals surface area contributed by atoms with Crippen LogP contribution in [0.25, 0.3) is 22.0 Å². The number of carbonyl (C=O) groups excluding carboxylic acids is 1. The number of hydrogen-bond acceptors (Lipinski definition) is 3. The molecule has 0 radical (unpaired) electrons. The Kier molecular flexibility index (Phi) is 4.20. The molecular weight excluding hydrogens is 317 g/mol. The van der Waals surface area contributed by atoms with E-state index < -0.39 is 5.82 Å². The Bertz CT molecular complexity index is 1070. The normalized spacial score (nSPS) is 12.0. The van der Waals surface area contributed by atoms with Crippen LogP contribution in [-0.4, -0.2) is 15.6 Å². The highest BCUT2D eigenvalue weighted by Crippen LogP contribution is 2.29. The lowest BCUT2D eigenvalue weighted by Gasteiger charge is -2.11. The minimum absolute atomic E-state index is 0.0160. The van der Waals surface area contributed by atoms with Gasteiger partial charge in [-0.2, -0.15) is 10.4 Å². The molecular formula is C20H16FN3O. The second-order valence-corrected chi connectivity index (χ2v) is 5.94. The summed E-state index contributed by atoms with van der Waals surface area (Å²) < 4.78 is 15.7. The van der Waals surface area contributed by atoms with Crippen LogP contribution in [0.5, 0.6) is 0 Å². The highest BCUT2D eigenvalue weighted by molar-refractivity contribution is 6.27. The van der Waals surface area contributed by atoms with Crippen molar-refractivity contribution in [3.05, 3.63) is 65.1 Å². The zero-order valence-corrected chi connectivity index (χ0v) is 14.2. The van der Waals surface area contributed by atoms with Crippen LogP contribution in [0.15, 0.2) is 42.6 Å². The van der Waals surface area contributed by atoms with E-state index in [1.54, 1.807) is 23.7 Å². The van der Waals surface area contributed by atoms with Crippen LogP contribution >= 0.6 is 0 Å². The summed E-state index contributed by atoms with van der Waals surface area (Å²) in [5.41, 5.74) is 3.35. The fourth-order valence-electron chi connectivity index (χ4n) is 2.97. The second kappa shape index (κ2) is 6.33. The fourth-order valence-corrected chi connectivity index (χ4v) is 2.97. The molecule has 5 heteroatoms. The lowest BCUT2D eigenvalue weighted by Crippen LogP contribution is -2.00. The molecule has 0 spiro atoms. The number of carbonyl (C=O) groups is 1. The van der Waals surface area contributed by atoms with E-state index in [4.69, 9.17) is 5.26 Å². The van der Waals surface area contributed by atoms with Crippen LogP contribution in [0.1, 0.15) is 30.5 Å². The highest BCUT2D eigenvalue weighted by atomic mass is 19.1. The van der Waals surface area contributed by atoms with E-state index in [1.165, 1.54) is 19.1 Å². The smallest absolute Gasteiger partial charge is 0.160 e. The lowest BCUT2D eigenvalue weighted by molar-refractivity contribution is -0.111. The topological polar surface area (TPSA) is 58.7 Å². The molecule has 4 nitrogen and oxygen atoms in total. The number of rotatable bonds is 3. The van der Waals surface area contributed by atoms with Gasteiger partial charge in [0.2, 0.25) is 0 Å².